The summed E-state index contributed by atoms with van der Waals surface area (Å²) in [5, 5.41) is 10.6. The maximum absolute atomic E-state index is 13.6. The molecule has 1 aliphatic carbocycles. The van der Waals surface area contributed by atoms with E-state index in [0.717, 1.165) is 12.8 Å². The monoisotopic (exact) mass is 256 g/mol. The van der Waals surface area contributed by atoms with Crippen LogP contribution in [-0.4, -0.2) is 11.2 Å². The van der Waals surface area contributed by atoms with E-state index in [1.807, 2.05) is 0 Å². The predicted octanol–water partition coefficient (Wildman–Crippen LogP) is 3.96. The summed E-state index contributed by atoms with van der Waals surface area (Å²) in [6.07, 6.45) is 5.56. The van der Waals surface area contributed by atoms with Crippen LogP contribution >= 0.6 is 11.6 Å². The largest absolute Gasteiger partial charge is 0.392 e. The average molecular weight is 257 g/mol. The van der Waals surface area contributed by atoms with Crippen molar-refractivity contribution in [2.24, 2.45) is 5.92 Å². The maximum Gasteiger partial charge on any atom is 0.127 e. The number of aliphatic hydroxyl groups excluding tert-OH is 1. The zero-order chi connectivity index (χ0) is 12.3. The highest BCUT2D eigenvalue weighted by molar-refractivity contribution is 6.31. The number of hydrogen-bond acceptors (Lipinski definition) is 1. The summed E-state index contributed by atoms with van der Waals surface area (Å²) in [4.78, 5) is 0. The summed E-state index contributed by atoms with van der Waals surface area (Å²) >= 11 is 5.96. The number of aliphatic hydroxyl groups is 1. The Bertz CT molecular complexity index is 354. The minimum atomic E-state index is -0.468. The Labute approximate surface area is 107 Å². The second-order valence-corrected chi connectivity index (χ2v) is 5.28. The molecule has 1 N–H and O–H groups in total. The van der Waals surface area contributed by atoms with E-state index in [4.69, 9.17) is 11.6 Å². The van der Waals surface area contributed by atoms with Crippen LogP contribution in [0.25, 0.3) is 0 Å². The Hall–Kier alpha value is -0.600. The van der Waals surface area contributed by atoms with Crippen LogP contribution in [0.5, 0.6) is 0 Å². The summed E-state index contributed by atoms with van der Waals surface area (Å²) in [5.41, 5.74) is 0.451. The first kappa shape index (κ1) is 12.8. The van der Waals surface area contributed by atoms with E-state index in [0.29, 0.717) is 22.9 Å². The molecular weight excluding hydrogens is 239 g/mol. The molecule has 1 aromatic carbocycles. The van der Waals surface area contributed by atoms with Gasteiger partial charge in [0.1, 0.15) is 5.82 Å². The minimum Gasteiger partial charge on any atom is -0.392 e. The van der Waals surface area contributed by atoms with Crippen LogP contribution in [0, 0.1) is 11.7 Å². The lowest BCUT2D eigenvalue weighted by molar-refractivity contribution is 0.0843. The minimum absolute atomic E-state index is 0.305. The Kier molecular flexibility index (Phi) is 4.41. The molecule has 0 aromatic heterocycles. The van der Waals surface area contributed by atoms with Crippen LogP contribution in [0.3, 0.4) is 0 Å². The summed E-state index contributed by atoms with van der Waals surface area (Å²) in [7, 11) is 0. The average Bonchev–Trinajstić information content (AvgIpc) is 2.35. The first-order valence-corrected chi connectivity index (χ1v) is 6.67. The maximum atomic E-state index is 13.6. The molecule has 1 nitrogen and oxygen atoms in total. The molecule has 1 saturated carbocycles. The number of benzene rings is 1. The molecule has 0 saturated heterocycles. The first-order valence-electron chi connectivity index (χ1n) is 6.29. The van der Waals surface area contributed by atoms with Crippen molar-refractivity contribution >= 4 is 11.6 Å². The standard InChI is InChI=1S/C14H18ClFO/c15-12-7-4-8-13(16)11(12)9-14(17)10-5-2-1-3-6-10/h4,7-8,10,14,17H,1-3,5-6,9H2. The highest BCUT2D eigenvalue weighted by Gasteiger charge is 2.23. The van der Waals surface area contributed by atoms with Crippen molar-refractivity contribution in [3.63, 3.8) is 0 Å². The lowest BCUT2D eigenvalue weighted by Gasteiger charge is -2.26. The number of rotatable bonds is 3. The molecule has 0 amide bonds. The summed E-state index contributed by atoms with van der Waals surface area (Å²) in [5.74, 6) is -0.00761. The van der Waals surface area contributed by atoms with Gasteiger partial charge in [-0.3, -0.25) is 0 Å². The molecule has 0 radical (unpaired) electrons. The molecule has 0 spiro atoms. The Balaban J connectivity index is 2.04. The SMILES string of the molecule is OC(Cc1c(F)cccc1Cl)C1CCCCC1. The van der Waals surface area contributed by atoms with Gasteiger partial charge in [0.15, 0.2) is 0 Å². The molecule has 17 heavy (non-hydrogen) atoms. The van der Waals surface area contributed by atoms with Gasteiger partial charge in [-0.15, -0.1) is 0 Å². The molecule has 2 rings (SSSR count). The lowest BCUT2D eigenvalue weighted by Crippen LogP contribution is -2.25. The zero-order valence-corrected chi connectivity index (χ0v) is 10.6. The van der Waals surface area contributed by atoms with E-state index in [1.165, 1.54) is 25.3 Å². The number of halogens is 2. The van der Waals surface area contributed by atoms with Gasteiger partial charge < -0.3 is 5.11 Å². The summed E-state index contributed by atoms with van der Waals surface area (Å²) in [6.45, 7) is 0. The quantitative estimate of drug-likeness (QED) is 0.868. The Morgan fingerprint density at radius 3 is 2.65 bits per heavy atom. The molecule has 0 bridgehead atoms. The van der Waals surface area contributed by atoms with Crippen molar-refractivity contribution in [1.82, 2.24) is 0 Å². The molecule has 0 aliphatic heterocycles. The molecule has 1 aliphatic rings. The van der Waals surface area contributed by atoms with E-state index in [-0.39, 0.29) is 5.82 Å². The molecule has 3 heteroatoms. The van der Waals surface area contributed by atoms with E-state index in [9.17, 15) is 9.50 Å². The third-order valence-electron chi connectivity index (χ3n) is 3.67. The second-order valence-electron chi connectivity index (χ2n) is 4.87. The van der Waals surface area contributed by atoms with Crippen LogP contribution in [-0.2, 0) is 6.42 Å². The van der Waals surface area contributed by atoms with Crippen molar-refractivity contribution in [1.29, 1.82) is 0 Å². The summed E-state index contributed by atoms with van der Waals surface area (Å²) < 4.78 is 13.6. The third-order valence-corrected chi connectivity index (χ3v) is 4.02. The van der Waals surface area contributed by atoms with Crippen molar-refractivity contribution in [3.8, 4) is 0 Å². The Morgan fingerprint density at radius 1 is 1.29 bits per heavy atom. The normalized spacial score (nSPS) is 19.2. The molecule has 1 fully saturated rings. The number of hydrogen-bond donors (Lipinski definition) is 1. The van der Waals surface area contributed by atoms with Crippen molar-refractivity contribution in [3.05, 3.63) is 34.6 Å². The summed E-state index contributed by atoms with van der Waals surface area (Å²) in [6, 6.07) is 4.66. The molecule has 1 aromatic rings. The topological polar surface area (TPSA) is 20.2 Å². The van der Waals surface area contributed by atoms with E-state index in [1.54, 1.807) is 12.1 Å². The van der Waals surface area contributed by atoms with Crippen LogP contribution in [0.4, 0.5) is 4.39 Å². The van der Waals surface area contributed by atoms with Crippen molar-refractivity contribution < 1.29 is 9.50 Å². The molecule has 94 valence electrons. The molecule has 1 atom stereocenters. The van der Waals surface area contributed by atoms with Gasteiger partial charge in [0.25, 0.3) is 0 Å². The van der Waals surface area contributed by atoms with Gasteiger partial charge in [0, 0.05) is 17.0 Å². The van der Waals surface area contributed by atoms with E-state index < -0.39 is 6.10 Å². The van der Waals surface area contributed by atoms with Gasteiger partial charge in [-0.1, -0.05) is 36.9 Å². The second kappa shape index (κ2) is 5.83. The lowest BCUT2D eigenvalue weighted by atomic mass is 9.83. The van der Waals surface area contributed by atoms with Crippen LogP contribution in [0.1, 0.15) is 37.7 Å². The highest BCUT2D eigenvalue weighted by Crippen LogP contribution is 2.29. The highest BCUT2D eigenvalue weighted by atomic mass is 35.5. The smallest absolute Gasteiger partial charge is 0.127 e. The zero-order valence-electron chi connectivity index (χ0n) is 9.83. The predicted molar refractivity (Wildman–Crippen MR) is 67.7 cm³/mol. The molecular formula is C14H18ClFO. The van der Waals surface area contributed by atoms with Gasteiger partial charge in [-0.2, -0.15) is 0 Å². The van der Waals surface area contributed by atoms with Crippen molar-refractivity contribution in [2.75, 3.05) is 0 Å². The van der Waals surface area contributed by atoms with Gasteiger partial charge in [0.05, 0.1) is 6.10 Å². The van der Waals surface area contributed by atoms with Crippen LogP contribution in [0.15, 0.2) is 18.2 Å². The molecule has 0 heterocycles. The third kappa shape index (κ3) is 3.20. The van der Waals surface area contributed by atoms with Gasteiger partial charge in [-0.25, -0.2) is 4.39 Å². The van der Waals surface area contributed by atoms with Crippen LogP contribution in [0.2, 0.25) is 5.02 Å². The molecule has 1 unspecified atom stereocenters. The van der Waals surface area contributed by atoms with Crippen molar-refractivity contribution in [2.45, 2.75) is 44.6 Å². The fourth-order valence-corrected chi connectivity index (χ4v) is 2.86. The van der Waals surface area contributed by atoms with Gasteiger partial charge in [0.2, 0.25) is 0 Å². The fraction of sp³-hybridized carbons (Fsp3) is 0.571. The Morgan fingerprint density at radius 2 is 2.00 bits per heavy atom. The van der Waals surface area contributed by atoms with Gasteiger partial charge in [-0.05, 0) is 30.9 Å². The van der Waals surface area contributed by atoms with Crippen LogP contribution < -0.4 is 0 Å². The van der Waals surface area contributed by atoms with E-state index in [2.05, 4.69) is 0 Å². The first-order chi connectivity index (χ1) is 8.18. The van der Waals surface area contributed by atoms with E-state index >= 15 is 0 Å². The van der Waals surface area contributed by atoms with Gasteiger partial charge >= 0.3 is 0 Å². The fourth-order valence-electron chi connectivity index (χ4n) is 2.62.